The number of hydrogen-bond donors (Lipinski definition) is 0. The molecular formula is C21H23N3O3. The van der Waals surface area contributed by atoms with E-state index < -0.39 is 0 Å². The zero-order valence-electron chi connectivity index (χ0n) is 15.4. The van der Waals surface area contributed by atoms with Gasteiger partial charge in [-0.2, -0.15) is 0 Å². The quantitative estimate of drug-likeness (QED) is 0.837. The molecule has 2 aromatic rings. The first-order chi connectivity index (χ1) is 13.2. The summed E-state index contributed by atoms with van der Waals surface area (Å²) < 4.78 is 5.41. The first-order valence-corrected chi connectivity index (χ1v) is 9.25. The molecule has 6 heteroatoms. The lowest BCUT2D eigenvalue weighted by atomic mass is 10.0. The van der Waals surface area contributed by atoms with Gasteiger partial charge in [-0.05, 0) is 24.3 Å². The van der Waals surface area contributed by atoms with Crippen LogP contribution in [0.2, 0.25) is 0 Å². The van der Waals surface area contributed by atoms with Crippen molar-refractivity contribution in [2.24, 2.45) is 0 Å². The zero-order chi connectivity index (χ0) is 18.8. The molecule has 0 aromatic heterocycles. The fourth-order valence-corrected chi connectivity index (χ4v) is 3.67. The maximum atomic E-state index is 13.4. The molecule has 2 amide bonds. The summed E-state index contributed by atoms with van der Waals surface area (Å²) in [4.78, 5) is 32.1. The molecule has 0 radical (unpaired) electrons. The van der Waals surface area contributed by atoms with E-state index >= 15 is 0 Å². The molecule has 27 heavy (non-hydrogen) atoms. The van der Waals surface area contributed by atoms with Gasteiger partial charge in [0.2, 0.25) is 0 Å². The molecule has 140 valence electrons. The predicted octanol–water partition coefficient (Wildman–Crippen LogP) is 2.26. The van der Waals surface area contributed by atoms with Gasteiger partial charge < -0.3 is 14.5 Å². The number of anilines is 2. The number of rotatable bonds is 3. The zero-order valence-corrected chi connectivity index (χ0v) is 15.4. The second-order valence-electron chi connectivity index (χ2n) is 6.81. The number of fused-ring (bicyclic) bond motifs is 2. The van der Waals surface area contributed by atoms with E-state index in [2.05, 4.69) is 4.90 Å². The van der Waals surface area contributed by atoms with E-state index in [-0.39, 0.29) is 11.8 Å². The molecule has 0 spiro atoms. The molecule has 4 rings (SSSR count). The van der Waals surface area contributed by atoms with Gasteiger partial charge >= 0.3 is 0 Å². The summed E-state index contributed by atoms with van der Waals surface area (Å²) in [5, 5.41) is 0. The molecule has 2 heterocycles. The minimum atomic E-state index is -0.109. The van der Waals surface area contributed by atoms with E-state index in [4.69, 9.17) is 4.74 Å². The van der Waals surface area contributed by atoms with E-state index in [9.17, 15) is 9.59 Å². The highest BCUT2D eigenvalue weighted by Crippen LogP contribution is 2.31. The summed E-state index contributed by atoms with van der Waals surface area (Å²) in [6.07, 6.45) is 0. The highest BCUT2D eigenvalue weighted by atomic mass is 16.5. The fraction of sp³-hybridized carbons (Fsp3) is 0.333. The lowest BCUT2D eigenvalue weighted by molar-refractivity contribution is 0.0391. The Hall–Kier alpha value is -2.70. The average Bonchev–Trinajstić information content (AvgIpc) is 2.73. The van der Waals surface area contributed by atoms with Crippen LogP contribution in [-0.4, -0.2) is 63.2 Å². The lowest BCUT2D eigenvalue weighted by Gasteiger charge is -2.33. The molecule has 0 atom stereocenters. The van der Waals surface area contributed by atoms with Crippen LogP contribution < -0.4 is 9.80 Å². The van der Waals surface area contributed by atoms with Crippen molar-refractivity contribution < 1.29 is 14.3 Å². The van der Waals surface area contributed by atoms with Crippen molar-refractivity contribution in [3.63, 3.8) is 0 Å². The van der Waals surface area contributed by atoms with E-state index in [0.717, 1.165) is 32.8 Å². The van der Waals surface area contributed by atoms with Crippen LogP contribution in [0.15, 0.2) is 48.5 Å². The summed E-state index contributed by atoms with van der Waals surface area (Å²) in [7, 11) is 1.72. The second kappa shape index (κ2) is 7.50. The van der Waals surface area contributed by atoms with Crippen LogP contribution in [0.5, 0.6) is 0 Å². The summed E-state index contributed by atoms with van der Waals surface area (Å²) in [6, 6.07) is 14.6. The van der Waals surface area contributed by atoms with Crippen molar-refractivity contribution in [2.45, 2.75) is 0 Å². The number of morpholine rings is 1. The largest absolute Gasteiger partial charge is 0.379 e. The first kappa shape index (κ1) is 17.7. The molecule has 2 aliphatic rings. The second-order valence-corrected chi connectivity index (χ2v) is 6.81. The Morgan fingerprint density at radius 3 is 2.11 bits per heavy atom. The topological polar surface area (TPSA) is 53.1 Å². The fourth-order valence-electron chi connectivity index (χ4n) is 3.67. The van der Waals surface area contributed by atoms with Gasteiger partial charge in [0.25, 0.3) is 11.8 Å². The number of para-hydroxylation sites is 2. The third kappa shape index (κ3) is 3.34. The highest BCUT2D eigenvalue weighted by molar-refractivity contribution is 6.20. The van der Waals surface area contributed by atoms with E-state index in [1.807, 2.05) is 36.4 Å². The van der Waals surface area contributed by atoms with Gasteiger partial charge in [0.15, 0.2) is 0 Å². The average molecular weight is 365 g/mol. The van der Waals surface area contributed by atoms with Gasteiger partial charge in [0.1, 0.15) is 0 Å². The van der Waals surface area contributed by atoms with Crippen molar-refractivity contribution in [1.82, 2.24) is 4.90 Å². The van der Waals surface area contributed by atoms with E-state index in [1.165, 1.54) is 0 Å². The van der Waals surface area contributed by atoms with Crippen LogP contribution in [0.3, 0.4) is 0 Å². The Morgan fingerprint density at radius 1 is 0.815 bits per heavy atom. The summed E-state index contributed by atoms with van der Waals surface area (Å²) >= 11 is 0. The van der Waals surface area contributed by atoms with Gasteiger partial charge in [-0.25, -0.2) is 0 Å². The summed E-state index contributed by atoms with van der Waals surface area (Å²) in [5.74, 6) is -0.187. The smallest absolute Gasteiger partial charge is 0.260 e. The lowest BCUT2D eigenvalue weighted by Crippen LogP contribution is -2.45. The SMILES string of the molecule is CN1C(=O)c2ccccc2N(CCN2CCOCC2)C(=O)c2ccccc21. The van der Waals surface area contributed by atoms with Crippen molar-refractivity contribution in [2.75, 3.05) is 56.2 Å². The molecule has 0 unspecified atom stereocenters. The number of benzene rings is 2. The molecule has 2 aliphatic heterocycles. The maximum absolute atomic E-state index is 13.4. The molecule has 0 bridgehead atoms. The highest BCUT2D eigenvalue weighted by Gasteiger charge is 2.31. The van der Waals surface area contributed by atoms with Gasteiger partial charge in [-0.3, -0.25) is 14.5 Å². The number of carbonyl (C=O) groups is 2. The van der Waals surface area contributed by atoms with Crippen LogP contribution in [0.1, 0.15) is 20.7 Å². The number of carbonyl (C=O) groups excluding carboxylic acids is 2. The van der Waals surface area contributed by atoms with E-state index in [1.54, 1.807) is 29.0 Å². The molecule has 1 saturated heterocycles. The summed E-state index contributed by atoms with van der Waals surface area (Å²) in [5.41, 5.74) is 2.40. The predicted molar refractivity (Wildman–Crippen MR) is 105 cm³/mol. The molecular weight excluding hydrogens is 342 g/mol. The Morgan fingerprint density at radius 2 is 1.41 bits per heavy atom. The monoisotopic (exact) mass is 365 g/mol. The van der Waals surface area contributed by atoms with Gasteiger partial charge in [-0.1, -0.05) is 24.3 Å². The van der Waals surface area contributed by atoms with Gasteiger partial charge in [-0.15, -0.1) is 0 Å². The van der Waals surface area contributed by atoms with Crippen molar-refractivity contribution in [1.29, 1.82) is 0 Å². The van der Waals surface area contributed by atoms with E-state index in [0.29, 0.717) is 29.0 Å². The number of amides is 2. The maximum Gasteiger partial charge on any atom is 0.260 e. The Kier molecular flexibility index (Phi) is 4.92. The normalized spacial score (nSPS) is 18.0. The van der Waals surface area contributed by atoms with Crippen LogP contribution in [0.4, 0.5) is 11.4 Å². The van der Waals surface area contributed by atoms with Gasteiger partial charge in [0.05, 0.1) is 35.7 Å². The Bertz CT molecular complexity index is 861. The van der Waals surface area contributed by atoms with Crippen LogP contribution in [0.25, 0.3) is 0 Å². The van der Waals surface area contributed by atoms with Crippen molar-refractivity contribution in [3.8, 4) is 0 Å². The number of ether oxygens (including phenoxy) is 1. The third-order valence-electron chi connectivity index (χ3n) is 5.21. The summed E-state index contributed by atoms with van der Waals surface area (Å²) in [6.45, 7) is 4.44. The number of nitrogens with zero attached hydrogens (tertiary/aromatic N) is 3. The number of hydrogen-bond acceptors (Lipinski definition) is 4. The van der Waals surface area contributed by atoms with Crippen LogP contribution >= 0.6 is 0 Å². The Balaban J connectivity index is 1.73. The molecule has 1 fully saturated rings. The Labute approximate surface area is 158 Å². The standard InChI is InChI=1S/C21H23N3O3/c1-22-18-8-4-2-6-16(18)21(26)24(11-10-23-12-14-27-15-13-23)19-9-5-3-7-17(19)20(22)25/h2-9H,10-15H2,1H3. The molecule has 0 saturated carbocycles. The van der Waals surface area contributed by atoms with Crippen LogP contribution in [-0.2, 0) is 4.74 Å². The van der Waals surface area contributed by atoms with Gasteiger partial charge in [0, 0.05) is 33.2 Å². The van der Waals surface area contributed by atoms with Crippen molar-refractivity contribution in [3.05, 3.63) is 59.7 Å². The molecule has 0 aliphatic carbocycles. The molecule has 0 N–H and O–H groups in total. The first-order valence-electron chi connectivity index (χ1n) is 9.25. The minimum absolute atomic E-state index is 0.0781. The van der Waals surface area contributed by atoms with Crippen molar-refractivity contribution >= 4 is 23.2 Å². The van der Waals surface area contributed by atoms with Crippen LogP contribution in [0, 0.1) is 0 Å². The molecule has 6 nitrogen and oxygen atoms in total. The minimum Gasteiger partial charge on any atom is -0.379 e. The third-order valence-corrected chi connectivity index (χ3v) is 5.21. The molecule has 2 aromatic carbocycles.